The third kappa shape index (κ3) is 3.05. The first-order valence-corrected chi connectivity index (χ1v) is 6.11. The highest BCUT2D eigenvalue weighted by molar-refractivity contribution is 6.04. The van der Waals surface area contributed by atoms with E-state index >= 15 is 0 Å². The second kappa shape index (κ2) is 6.04. The lowest BCUT2D eigenvalue weighted by Gasteiger charge is -2.07. The van der Waals surface area contributed by atoms with E-state index in [2.05, 4.69) is 22.3 Å². The summed E-state index contributed by atoms with van der Waals surface area (Å²) in [5.41, 5.74) is 2.25. The Kier molecular flexibility index (Phi) is 4.18. The summed E-state index contributed by atoms with van der Waals surface area (Å²) in [4.78, 5) is 12.1. The second-order valence-electron chi connectivity index (χ2n) is 4.28. The SMILES string of the molecule is Cc1cc(C(=O)Nc2ccnn2C)ccc1C#CCO. The summed E-state index contributed by atoms with van der Waals surface area (Å²) < 4.78 is 1.59. The van der Waals surface area contributed by atoms with Crippen LogP contribution in [-0.2, 0) is 7.05 Å². The van der Waals surface area contributed by atoms with Gasteiger partial charge in [-0.15, -0.1) is 0 Å². The maximum absolute atomic E-state index is 12.1. The van der Waals surface area contributed by atoms with Gasteiger partial charge in [0.15, 0.2) is 0 Å². The lowest BCUT2D eigenvalue weighted by Crippen LogP contribution is -2.14. The Bertz CT molecular complexity index is 693. The van der Waals surface area contributed by atoms with E-state index in [1.807, 2.05) is 6.92 Å². The third-order valence-corrected chi connectivity index (χ3v) is 2.85. The summed E-state index contributed by atoms with van der Waals surface area (Å²) in [6, 6.07) is 6.98. The number of aryl methyl sites for hydroxylation is 2. The molecule has 1 aromatic carbocycles. The fourth-order valence-electron chi connectivity index (χ4n) is 1.76. The highest BCUT2D eigenvalue weighted by Crippen LogP contribution is 2.12. The van der Waals surface area contributed by atoms with Gasteiger partial charge in [-0.05, 0) is 30.7 Å². The van der Waals surface area contributed by atoms with Crippen molar-refractivity contribution in [1.82, 2.24) is 9.78 Å². The van der Waals surface area contributed by atoms with E-state index in [1.165, 1.54) is 0 Å². The Hall–Kier alpha value is -2.58. The van der Waals surface area contributed by atoms with E-state index in [9.17, 15) is 4.79 Å². The monoisotopic (exact) mass is 269 g/mol. The van der Waals surface area contributed by atoms with Gasteiger partial charge < -0.3 is 10.4 Å². The highest BCUT2D eigenvalue weighted by Gasteiger charge is 2.09. The molecule has 0 spiro atoms. The average molecular weight is 269 g/mol. The van der Waals surface area contributed by atoms with Crippen molar-refractivity contribution in [2.45, 2.75) is 6.92 Å². The van der Waals surface area contributed by atoms with Crippen molar-refractivity contribution >= 4 is 11.7 Å². The second-order valence-corrected chi connectivity index (χ2v) is 4.28. The Balaban J connectivity index is 2.19. The van der Waals surface area contributed by atoms with E-state index in [0.29, 0.717) is 11.4 Å². The molecule has 5 nitrogen and oxygen atoms in total. The Morgan fingerprint density at radius 3 is 2.85 bits per heavy atom. The molecular weight excluding hydrogens is 254 g/mol. The minimum Gasteiger partial charge on any atom is -0.384 e. The maximum atomic E-state index is 12.1. The molecule has 2 rings (SSSR count). The Morgan fingerprint density at radius 2 is 2.25 bits per heavy atom. The molecule has 1 heterocycles. The maximum Gasteiger partial charge on any atom is 0.256 e. The highest BCUT2D eigenvalue weighted by atomic mass is 16.2. The Labute approximate surface area is 117 Å². The van der Waals surface area contributed by atoms with Gasteiger partial charge in [-0.1, -0.05) is 11.8 Å². The van der Waals surface area contributed by atoms with E-state index in [-0.39, 0.29) is 12.5 Å². The summed E-state index contributed by atoms with van der Waals surface area (Å²) in [5.74, 6) is 5.87. The molecule has 5 heteroatoms. The van der Waals surface area contributed by atoms with Crippen LogP contribution in [0.1, 0.15) is 21.5 Å². The molecular formula is C15H15N3O2. The van der Waals surface area contributed by atoms with Crippen LogP contribution in [0.15, 0.2) is 30.5 Å². The van der Waals surface area contributed by atoms with Crippen molar-refractivity contribution in [3.05, 3.63) is 47.2 Å². The van der Waals surface area contributed by atoms with Crippen molar-refractivity contribution < 1.29 is 9.90 Å². The first kappa shape index (κ1) is 13.8. The predicted octanol–water partition coefficient (Wildman–Crippen LogP) is 1.32. The molecule has 0 saturated carbocycles. The van der Waals surface area contributed by atoms with E-state index < -0.39 is 0 Å². The van der Waals surface area contributed by atoms with E-state index in [1.54, 1.807) is 42.2 Å². The standard InChI is InChI=1S/C15H15N3O2/c1-11-10-13(6-5-12(11)4-3-9-19)15(20)17-14-7-8-16-18(14)2/h5-8,10,19H,9H2,1-2H3,(H,17,20). The van der Waals surface area contributed by atoms with Crippen LogP contribution in [0.5, 0.6) is 0 Å². The minimum atomic E-state index is -0.196. The summed E-state index contributed by atoms with van der Waals surface area (Å²) in [7, 11) is 1.76. The number of nitrogens with one attached hydrogen (secondary N) is 1. The van der Waals surface area contributed by atoms with Gasteiger partial charge in [-0.25, -0.2) is 0 Å². The molecule has 1 aromatic heterocycles. The number of nitrogens with zero attached hydrogens (tertiary/aromatic N) is 2. The van der Waals surface area contributed by atoms with Gasteiger partial charge in [0.2, 0.25) is 0 Å². The molecule has 0 unspecified atom stereocenters. The lowest BCUT2D eigenvalue weighted by atomic mass is 10.0. The number of aliphatic hydroxyl groups is 1. The average Bonchev–Trinajstić information content (AvgIpc) is 2.83. The molecule has 0 aliphatic rings. The number of carbonyl (C=O) groups excluding carboxylic acids is 1. The summed E-state index contributed by atoms with van der Waals surface area (Å²) in [6.45, 7) is 1.70. The predicted molar refractivity (Wildman–Crippen MR) is 76.3 cm³/mol. The fraction of sp³-hybridized carbons (Fsp3) is 0.200. The zero-order valence-electron chi connectivity index (χ0n) is 11.3. The van der Waals surface area contributed by atoms with Gasteiger partial charge in [0.05, 0.1) is 6.20 Å². The zero-order valence-corrected chi connectivity index (χ0v) is 11.3. The van der Waals surface area contributed by atoms with Crippen LogP contribution in [0.3, 0.4) is 0 Å². The van der Waals surface area contributed by atoms with Gasteiger partial charge in [0, 0.05) is 24.2 Å². The van der Waals surface area contributed by atoms with Crippen LogP contribution < -0.4 is 5.32 Å². The van der Waals surface area contributed by atoms with Crippen LogP contribution in [0.25, 0.3) is 0 Å². The topological polar surface area (TPSA) is 67.2 Å². The summed E-state index contributed by atoms with van der Waals surface area (Å²) in [5, 5.41) is 15.5. The van der Waals surface area contributed by atoms with Gasteiger partial charge in [0.1, 0.15) is 12.4 Å². The fourth-order valence-corrected chi connectivity index (χ4v) is 1.76. The molecule has 20 heavy (non-hydrogen) atoms. The van der Waals surface area contributed by atoms with Gasteiger partial charge >= 0.3 is 0 Å². The molecule has 0 aliphatic carbocycles. The summed E-state index contributed by atoms with van der Waals surface area (Å²) >= 11 is 0. The molecule has 102 valence electrons. The van der Waals surface area contributed by atoms with Crippen LogP contribution in [0.2, 0.25) is 0 Å². The van der Waals surface area contributed by atoms with Crippen molar-refractivity contribution in [2.24, 2.45) is 7.05 Å². The molecule has 0 fully saturated rings. The van der Waals surface area contributed by atoms with E-state index in [0.717, 1.165) is 11.1 Å². The van der Waals surface area contributed by atoms with E-state index in [4.69, 9.17) is 5.11 Å². The van der Waals surface area contributed by atoms with Crippen molar-refractivity contribution in [1.29, 1.82) is 0 Å². The third-order valence-electron chi connectivity index (χ3n) is 2.85. The quantitative estimate of drug-likeness (QED) is 0.808. The molecule has 0 bridgehead atoms. The molecule has 2 N–H and O–H groups in total. The molecule has 2 aromatic rings. The lowest BCUT2D eigenvalue weighted by molar-refractivity contribution is 0.102. The van der Waals surface area contributed by atoms with Crippen LogP contribution >= 0.6 is 0 Å². The number of hydrogen-bond acceptors (Lipinski definition) is 3. The molecule has 1 amide bonds. The smallest absolute Gasteiger partial charge is 0.256 e. The molecule has 0 radical (unpaired) electrons. The summed E-state index contributed by atoms with van der Waals surface area (Å²) in [6.07, 6.45) is 1.62. The normalized spacial score (nSPS) is 9.75. The number of benzene rings is 1. The first-order valence-electron chi connectivity index (χ1n) is 6.11. The molecule has 0 aliphatic heterocycles. The minimum absolute atomic E-state index is 0.178. The number of aromatic nitrogens is 2. The van der Waals surface area contributed by atoms with Gasteiger partial charge in [-0.2, -0.15) is 5.10 Å². The van der Waals surface area contributed by atoms with Crippen molar-refractivity contribution in [3.8, 4) is 11.8 Å². The molecule has 0 atom stereocenters. The first-order chi connectivity index (χ1) is 9.61. The number of aliphatic hydroxyl groups excluding tert-OH is 1. The van der Waals surface area contributed by atoms with Crippen LogP contribution in [0, 0.1) is 18.8 Å². The van der Waals surface area contributed by atoms with Crippen molar-refractivity contribution in [3.63, 3.8) is 0 Å². The largest absolute Gasteiger partial charge is 0.384 e. The van der Waals surface area contributed by atoms with Gasteiger partial charge in [-0.3, -0.25) is 9.48 Å². The molecule has 0 saturated heterocycles. The van der Waals surface area contributed by atoms with Gasteiger partial charge in [0.25, 0.3) is 5.91 Å². The number of rotatable bonds is 2. The number of carbonyl (C=O) groups is 1. The number of anilines is 1. The Morgan fingerprint density at radius 1 is 1.45 bits per heavy atom. The van der Waals surface area contributed by atoms with Crippen LogP contribution in [-0.4, -0.2) is 27.4 Å². The van der Waals surface area contributed by atoms with Crippen molar-refractivity contribution in [2.75, 3.05) is 11.9 Å². The number of hydrogen-bond donors (Lipinski definition) is 2. The number of amides is 1. The van der Waals surface area contributed by atoms with Crippen LogP contribution in [0.4, 0.5) is 5.82 Å². The zero-order chi connectivity index (χ0) is 14.5.